The molecule has 0 heterocycles. The van der Waals surface area contributed by atoms with Crippen LogP contribution < -0.4 is 4.74 Å². The van der Waals surface area contributed by atoms with Gasteiger partial charge >= 0.3 is 0 Å². The third-order valence-corrected chi connectivity index (χ3v) is 4.26. The second kappa shape index (κ2) is 7.68. The van der Waals surface area contributed by atoms with Gasteiger partial charge in [0.05, 0.1) is 5.60 Å². The maximum atomic E-state index is 10.6. The zero-order valence-corrected chi connectivity index (χ0v) is 12.7. The average molecular weight is 276 g/mol. The minimum atomic E-state index is -0.615. The van der Waals surface area contributed by atoms with E-state index in [1.807, 2.05) is 6.07 Å². The average Bonchev–Trinajstić information content (AvgIpc) is 2.69. The SMILES string of the molecule is CCCCc1cccc(OCC2(O)CCCCCC2)c1. The number of aryl methyl sites for hydroxylation is 1. The summed E-state index contributed by atoms with van der Waals surface area (Å²) in [7, 11) is 0. The molecular formula is C18H28O2. The van der Waals surface area contributed by atoms with Crippen LogP contribution in [-0.2, 0) is 6.42 Å². The van der Waals surface area contributed by atoms with Crippen LogP contribution in [-0.4, -0.2) is 17.3 Å². The quantitative estimate of drug-likeness (QED) is 0.776. The summed E-state index contributed by atoms with van der Waals surface area (Å²) in [6.07, 6.45) is 10.0. The molecular weight excluding hydrogens is 248 g/mol. The highest BCUT2D eigenvalue weighted by molar-refractivity contribution is 5.28. The van der Waals surface area contributed by atoms with Crippen molar-refractivity contribution >= 4 is 0 Å². The van der Waals surface area contributed by atoms with Crippen molar-refractivity contribution < 1.29 is 9.84 Å². The van der Waals surface area contributed by atoms with Crippen LogP contribution in [0.1, 0.15) is 63.9 Å². The van der Waals surface area contributed by atoms with Crippen LogP contribution >= 0.6 is 0 Å². The van der Waals surface area contributed by atoms with Crippen LogP contribution in [0.5, 0.6) is 5.75 Å². The molecule has 1 aliphatic rings. The van der Waals surface area contributed by atoms with Crippen molar-refractivity contribution in [3.8, 4) is 5.75 Å². The molecule has 2 heteroatoms. The minimum Gasteiger partial charge on any atom is -0.491 e. The molecule has 0 saturated heterocycles. The Labute approximate surface area is 123 Å². The van der Waals surface area contributed by atoms with Gasteiger partial charge in [0.25, 0.3) is 0 Å². The van der Waals surface area contributed by atoms with Crippen molar-refractivity contribution in [2.75, 3.05) is 6.61 Å². The summed E-state index contributed by atoms with van der Waals surface area (Å²) in [5, 5.41) is 10.6. The largest absolute Gasteiger partial charge is 0.491 e. The Bertz CT molecular complexity index is 392. The highest BCUT2D eigenvalue weighted by Gasteiger charge is 2.28. The Kier molecular flexibility index (Phi) is 5.90. The lowest BCUT2D eigenvalue weighted by Gasteiger charge is -2.26. The van der Waals surface area contributed by atoms with Crippen molar-refractivity contribution in [3.05, 3.63) is 29.8 Å². The Hall–Kier alpha value is -1.02. The van der Waals surface area contributed by atoms with Gasteiger partial charge in [0.1, 0.15) is 12.4 Å². The van der Waals surface area contributed by atoms with Crippen molar-refractivity contribution in [3.63, 3.8) is 0 Å². The van der Waals surface area contributed by atoms with Crippen molar-refractivity contribution in [1.82, 2.24) is 0 Å². The minimum absolute atomic E-state index is 0.435. The summed E-state index contributed by atoms with van der Waals surface area (Å²) >= 11 is 0. The van der Waals surface area contributed by atoms with E-state index in [0.717, 1.165) is 37.9 Å². The second-order valence-electron chi connectivity index (χ2n) is 6.18. The fourth-order valence-electron chi connectivity index (χ4n) is 2.92. The number of hydrogen-bond acceptors (Lipinski definition) is 2. The van der Waals surface area contributed by atoms with Gasteiger partial charge in [0.15, 0.2) is 0 Å². The van der Waals surface area contributed by atoms with Crippen molar-refractivity contribution in [2.45, 2.75) is 70.3 Å². The van der Waals surface area contributed by atoms with E-state index in [0.29, 0.717) is 6.61 Å². The number of rotatable bonds is 6. The molecule has 0 atom stereocenters. The standard InChI is InChI=1S/C18H28O2/c1-2-3-9-16-10-8-11-17(14-16)20-15-18(19)12-6-4-5-7-13-18/h8,10-11,14,19H,2-7,9,12-13,15H2,1H3. The van der Waals surface area contributed by atoms with Crippen LogP contribution in [0.2, 0.25) is 0 Å². The monoisotopic (exact) mass is 276 g/mol. The molecule has 0 aliphatic heterocycles. The molecule has 20 heavy (non-hydrogen) atoms. The Balaban J connectivity index is 1.89. The van der Waals surface area contributed by atoms with E-state index in [1.165, 1.54) is 31.2 Å². The van der Waals surface area contributed by atoms with Gasteiger partial charge in [-0.15, -0.1) is 0 Å². The number of aliphatic hydroxyl groups is 1. The zero-order valence-electron chi connectivity index (χ0n) is 12.7. The lowest BCUT2D eigenvalue weighted by molar-refractivity contribution is -0.0173. The second-order valence-corrected chi connectivity index (χ2v) is 6.18. The lowest BCUT2D eigenvalue weighted by Crippen LogP contribution is -2.35. The normalized spacial score (nSPS) is 18.5. The summed E-state index contributed by atoms with van der Waals surface area (Å²) < 4.78 is 5.87. The van der Waals surface area contributed by atoms with Gasteiger partial charge in [0.2, 0.25) is 0 Å². The smallest absolute Gasteiger partial charge is 0.119 e. The topological polar surface area (TPSA) is 29.5 Å². The van der Waals surface area contributed by atoms with E-state index in [1.54, 1.807) is 0 Å². The summed E-state index contributed by atoms with van der Waals surface area (Å²) in [5.74, 6) is 0.899. The first-order chi connectivity index (χ1) is 9.72. The molecule has 1 N–H and O–H groups in total. The fourth-order valence-corrected chi connectivity index (χ4v) is 2.92. The maximum Gasteiger partial charge on any atom is 0.119 e. The van der Waals surface area contributed by atoms with E-state index >= 15 is 0 Å². The van der Waals surface area contributed by atoms with Crippen LogP contribution in [0, 0.1) is 0 Å². The Morgan fingerprint density at radius 1 is 1.15 bits per heavy atom. The van der Waals surface area contributed by atoms with Gasteiger partial charge in [-0.25, -0.2) is 0 Å². The number of benzene rings is 1. The molecule has 1 fully saturated rings. The molecule has 1 aromatic carbocycles. The Morgan fingerprint density at radius 3 is 2.60 bits per heavy atom. The highest BCUT2D eigenvalue weighted by atomic mass is 16.5. The summed E-state index contributed by atoms with van der Waals surface area (Å²) in [6.45, 7) is 2.64. The molecule has 2 rings (SSSR count). The molecule has 2 nitrogen and oxygen atoms in total. The molecule has 0 spiro atoms. The molecule has 1 aliphatic carbocycles. The van der Waals surface area contributed by atoms with Crippen LogP contribution in [0.4, 0.5) is 0 Å². The first kappa shape index (κ1) is 15.4. The number of unbranched alkanes of at least 4 members (excludes halogenated alkanes) is 1. The van der Waals surface area contributed by atoms with Gasteiger partial charge in [-0.2, -0.15) is 0 Å². The van der Waals surface area contributed by atoms with E-state index < -0.39 is 5.60 Å². The van der Waals surface area contributed by atoms with Gasteiger partial charge in [-0.05, 0) is 43.4 Å². The molecule has 0 bridgehead atoms. The van der Waals surface area contributed by atoms with Gasteiger partial charge in [-0.3, -0.25) is 0 Å². The molecule has 0 amide bonds. The van der Waals surface area contributed by atoms with E-state index in [9.17, 15) is 5.11 Å². The molecule has 1 aromatic rings. The Morgan fingerprint density at radius 2 is 1.90 bits per heavy atom. The molecule has 0 unspecified atom stereocenters. The maximum absolute atomic E-state index is 10.6. The molecule has 1 saturated carbocycles. The third kappa shape index (κ3) is 4.82. The van der Waals surface area contributed by atoms with Crippen LogP contribution in [0.15, 0.2) is 24.3 Å². The third-order valence-electron chi connectivity index (χ3n) is 4.26. The fraction of sp³-hybridized carbons (Fsp3) is 0.667. The van der Waals surface area contributed by atoms with Crippen LogP contribution in [0.25, 0.3) is 0 Å². The van der Waals surface area contributed by atoms with E-state index in [2.05, 4.69) is 25.1 Å². The van der Waals surface area contributed by atoms with Crippen molar-refractivity contribution in [2.24, 2.45) is 0 Å². The van der Waals surface area contributed by atoms with E-state index in [-0.39, 0.29) is 0 Å². The summed E-state index contributed by atoms with van der Waals surface area (Å²) in [6, 6.07) is 8.32. The van der Waals surface area contributed by atoms with Gasteiger partial charge in [0, 0.05) is 0 Å². The van der Waals surface area contributed by atoms with Gasteiger partial charge < -0.3 is 9.84 Å². The molecule has 0 aromatic heterocycles. The lowest BCUT2D eigenvalue weighted by atomic mass is 9.96. The van der Waals surface area contributed by atoms with Crippen molar-refractivity contribution in [1.29, 1.82) is 0 Å². The number of hydrogen-bond donors (Lipinski definition) is 1. The predicted octanol–water partition coefficient (Wildman–Crippen LogP) is 4.49. The predicted molar refractivity (Wildman–Crippen MR) is 83.2 cm³/mol. The molecule has 112 valence electrons. The van der Waals surface area contributed by atoms with Crippen LogP contribution in [0.3, 0.4) is 0 Å². The first-order valence-electron chi connectivity index (χ1n) is 8.16. The molecule has 0 radical (unpaired) electrons. The summed E-state index contributed by atoms with van der Waals surface area (Å²) in [5.41, 5.74) is 0.716. The van der Waals surface area contributed by atoms with E-state index in [4.69, 9.17) is 4.74 Å². The zero-order chi connectivity index (χ0) is 14.3. The summed E-state index contributed by atoms with van der Waals surface area (Å²) in [4.78, 5) is 0. The van der Waals surface area contributed by atoms with Gasteiger partial charge in [-0.1, -0.05) is 51.2 Å². The number of ether oxygens (including phenoxy) is 1. The highest BCUT2D eigenvalue weighted by Crippen LogP contribution is 2.28. The first-order valence-corrected chi connectivity index (χ1v) is 8.16.